The van der Waals surface area contributed by atoms with E-state index < -0.39 is 0 Å². The monoisotopic (exact) mass is 324 g/mol. The molecule has 0 atom stereocenters. The summed E-state index contributed by atoms with van der Waals surface area (Å²) in [6.45, 7) is 0. The van der Waals surface area contributed by atoms with Crippen LogP contribution >= 0.6 is 27.5 Å². The third kappa shape index (κ3) is 2.65. The van der Waals surface area contributed by atoms with Gasteiger partial charge in [0.2, 0.25) is 5.88 Å². The van der Waals surface area contributed by atoms with E-state index in [4.69, 9.17) is 16.3 Å². The zero-order valence-corrected chi connectivity index (χ0v) is 11.8. The van der Waals surface area contributed by atoms with Crippen molar-refractivity contribution in [3.05, 3.63) is 45.8 Å². The second-order valence-corrected chi connectivity index (χ2v) is 5.53. The van der Waals surface area contributed by atoms with Crippen LogP contribution in [0.5, 0.6) is 11.6 Å². The Morgan fingerprint density at radius 3 is 2.89 bits per heavy atom. The van der Waals surface area contributed by atoms with Crippen molar-refractivity contribution in [3.8, 4) is 11.6 Å². The van der Waals surface area contributed by atoms with Crippen molar-refractivity contribution < 1.29 is 4.74 Å². The van der Waals surface area contributed by atoms with Crippen LogP contribution in [0.15, 0.2) is 34.9 Å². The molecule has 0 amide bonds. The first-order chi connectivity index (χ1) is 8.72. The van der Waals surface area contributed by atoms with Gasteiger partial charge in [0.25, 0.3) is 0 Å². The zero-order valence-electron chi connectivity index (χ0n) is 9.44. The third-order valence-corrected chi connectivity index (χ3v) is 3.50. The molecule has 0 N–H and O–H groups in total. The molecule has 92 valence electrons. The minimum absolute atomic E-state index is 0.506. The van der Waals surface area contributed by atoms with Gasteiger partial charge < -0.3 is 4.74 Å². The number of hydrogen-bond acceptors (Lipinski definition) is 3. The van der Waals surface area contributed by atoms with Crippen molar-refractivity contribution in [3.63, 3.8) is 0 Å². The van der Waals surface area contributed by atoms with Crippen molar-refractivity contribution in [2.75, 3.05) is 0 Å². The van der Waals surface area contributed by atoms with Gasteiger partial charge in [-0.05, 0) is 31.0 Å². The number of nitrogens with zero attached hydrogens (tertiary/aromatic N) is 2. The molecule has 3 rings (SSSR count). The molecule has 1 saturated carbocycles. The van der Waals surface area contributed by atoms with Crippen LogP contribution in [0.25, 0.3) is 0 Å². The zero-order chi connectivity index (χ0) is 12.5. The average Bonchev–Trinajstić information content (AvgIpc) is 3.18. The standard InChI is InChI=1S/C13H10BrClN2O/c14-9-3-4-10(15)11(7-9)18-12-5-6-16-13(17-12)8-1-2-8/h3-8H,1-2H2. The lowest BCUT2D eigenvalue weighted by molar-refractivity contribution is 0.458. The molecular formula is C13H10BrClN2O. The number of ether oxygens (including phenoxy) is 1. The average molecular weight is 326 g/mol. The molecular weight excluding hydrogens is 316 g/mol. The SMILES string of the molecule is Clc1ccc(Br)cc1Oc1ccnc(C2CC2)n1. The van der Waals surface area contributed by atoms with Gasteiger partial charge in [0.05, 0.1) is 5.02 Å². The smallest absolute Gasteiger partial charge is 0.222 e. The Bertz CT molecular complexity index is 587. The first kappa shape index (κ1) is 11.9. The summed E-state index contributed by atoms with van der Waals surface area (Å²) < 4.78 is 6.61. The van der Waals surface area contributed by atoms with Gasteiger partial charge in [-0.2, -0.15) is 4.98 Å². The minimum atomic E-state index is 0.506. The number of rotatable bonds is 3. The summed E-state index contributed by atoms with van der Waals surface area (Å²) in [5.74, 6) is 2.49. The quantitative estimate of drug-likeness (QED) is 0.829. The Morgan fingerprint density at radius 1 is 1.28 bits per heavy atom. The number of aromatic nitrogens is 2. The van der Waals surface area contributed by atoms with Crippen LogP contribution in [0.4, 0.5) is 0 Å². The van der Waals surface area contributed by atoms with Crippen molar-refractivity contribution >= 4 is 27.5 Å². The van der Waals surface area contributed by atoms with Gasteiger partial charge in [-0.15, -0.1) is 0 Å². The highest BCUT2D eigenvalue weighted by atomic mass is 79.9. The summed E-state index contributed by atoms with van der Waals surface area (Å²) in [5.41, 5.74) is 0. The first-order valence-electron chi connectivity index (χ1n) is 5.68. The van der Waals surface area contributed by atoms with E-state index in [0.717, 1.165) is 10.3 Å². The van der Waals surface area contributed by atoms with E-state index in [0.29, 0.717) is 22.6 Å². The van der Waals surface area contributed by atoms with Crippen LogP contribution < -0.4 is 4.74 Å². The van der Waals surface area contributed by atoms with Gasteiger partial charge in [0, 0.05) is 22.7 Å². The molecule has 18 heavy (non-hydrogen) atoms. The molecule has 5 heteroatoms. The van der Waals surface area contributed by atoms with Crippen molar-refractivity contribution in [1.29, 1.82) is 0 Å². The van der Waals surface area contributed by atoms with Gasteiger partial charge in [-0.1, -0.05) is 27.5 Å². The summed E-state index contributed by atoms with van der Waals surface area (Å²) in [7, 11) is 0. The van der Waals surface area contributed by atoms with E-state index >= 15 is 0 Å². The molecule has 1 aliphatic carbocycles. The Labute approximate surface area is 118 Å². The second kappa shape index (κ2) is 4.86. The predicted molar refractivity (Wildman–Crippen MR) is 73.2 cm³/mol. The fourth-order valence-electron chi connectivity index (χ4n) is 1.62. The Kier molecular flexibility index (Phi) is 3.22. The van der Waals surface area contributed by atoms with E-state index in [9.17, 15) is 0 Å². The van der Waals surface area contributed by atoms with Gasteiger partial charge in [-0.25, -0.2) is 4.98 Å². The molecule has 2 aromatic rings. The first-order valence-corrected chi connectivity index (χ1v) is 6.85. The molecule has 0 unspecified atom stereocenters. The van der Waals surface area contributed by atoms with Gasteiger partial charge in [-0.3, -0.25) is 0 Å². The van der Waals surface area contributed by atoms with E-state index in [-0.39, 0.29) is 0 Å². The summed E-state index contributed by atoms with van der Waals surface area (Å²) in [5, 5.41) is 0.560. The highest BCUT2D eigenvalue weighted by Crippen LogP contribution is 2.39. The molecule has 1 heterocycles. The fourth-order valence-corrected chi connectivity index (χ4v) is 2.12. The predicted octanol–water partition coefficient (Wildman–Crippen LogP) is 4.56. The normalized spacial score (nSPS) is 14.6. The highest BCUT2D eigenvalue weighted by Gasteiger charge is 2.26. The largest absolute Gasteiger partial charge is 0.437 e. The molecule has 0 spiro atoms. The maximum atomic E-state index is 6.07. The van der Waals surface area contributed by atoms with Crippen LogP contribution in [-0.4, -0.2) is 9.97 Å². The molecule has 1 aliphatic rings. The summed E-state index contributed by atoms with van der Waals surface area (Å²) in [4.78, 5) is 8.64. The minimum Gasteiger partial charge on any atom is -0.437 e. The Morgan fingerprint density at radius 2 is 2.11 bits per heavy atom. The Hall–Kier alpha value is -1.13. The number of halogens is 2. The van der Waals surface area contributed by atoms with Crippen molar-refractivity contribution in [1.82, 2.24) is 9.97 Å². The molecule has 1 aromatic carbocycles. The second-order valence-electron chi connectivity index (χ2n) is 4.20. The van der Waals surface area contributed by atoms with Crippen molar-refractivity contribution in [2.24, 2.45) is 0 Å². The lowest BCUT2D eigenvalue weighted by atomic mass is 10.3. The van der Waals surface area contributed by atoms with E-state index in [1.54, 1.807) is 18.3 Å². The highest BCUT2D eigenvalue weighted by molar-refractivity contribution is 9.10. The van der Waals surface area contributed by atoms with Gasteiger partial charge in [0.15, 0.2) is 0 Å². The molecule has 1 aromatic heterocycles. The molecule has 3 nitrogen and oxygen atoms in total. The molecule has 0 radical (unpaired) electrons. The fraction of sp³-hybridized carbons (Fsp3) is 0.231. The maximum Gasteiger partial charge on any atom is 0.222 e. The molecule has 0 bridgehead atoms. The lowest BCUT2D eigenvalue weighted by Crippen LogP contribution is -1.95. The topological polar surface area (TPSA) is 35.0 Å². The summed E-state index contributed by atoms with van der Waals surface area (Å²) in [6.07, 6.45) is 4.06. The molecule has 0 aliphatic heterocycles. The lowest BCUT2D eigenvalue weighted by Gasteiger charge is -2.07. The number of hydrogen-bond donors (Lipinski definition) is 0. The summed E-state index contributed by atoms with van der Waals surface area (Å²) >= 11 is 9.46. The van der Waals surface area contributed by atoms with E-state index in [1.807, 2.05) is 12.1 Å². The van der Waals surface area contributed by atoms with Crippen LogP contribution in [0.1, 0.15) is 24.6 Å². The van der Waals surface area contributed by atoms with Crippen LogP contribution in [-0.2, 0) is 0 Å². The Balaban J connectivity index is 1.87. The maximum absolute atomic E-state index is 6.07. The van der Waals surface area contributed by atoms with Crippen LogP contribution in [0.3, 0.4) is 0 Å². The van der Waals surface area contributed by atoms with Crippen molar-refractivity contribution in [2.45, 2.75) is 18.8 Å². The number of benzene rings is 1. The van der Waals surface area contributed by atoms with Gasteiger partial charge >= 0.3 is 0 Å². The molecule has 0 saturated heterocycles. The van der Waals surface area contributed by atoms with Crippen LogP contribution in [0, 0.1) is 0 Å². The van der Waals surface area contributed by atoms with E-state index in [2.05, 4.69) is 25.9 Å². The van der Waals surface area contributed by atoms with Crippen LogP contribution in [0.2, 0.25) is 5.02 Å². The molecule has 1 fully saturated rings. The third-order valence-electron chi connectivity index (χ3n) is 2.70. The van der Waals surface area contributed by atoms with Gasteiger partial charge in [0.1, 0.15) is 11.6 Å². The van der Waals surface area contributed by atoms with E-state index in [1.165, 1.54) is 12.8 Å². The summed E-state index contributed by atoms with van der Waals surface area (Å²) in [6, 6.07) is 7.21.